The van der Waals surface area contributed by atoms with Crippen LogP contribution in [0.1, 0.15) is 16.9 Å². The molecule has 0 bridgehead atoms. The Kier molecular flexibility index (Phi) is 15.9. The molecule has 0 unspecified atom stereocenters. The Morgan fingerprint density at radius 2 is 0.589 bits per heavy atom. The van der Waals surface area contributed by atoms with E-state index in [1.165, 1.54) is 89.4 Å². The summed E-state index contributed by atoms with van der Waals surface area (Å²) in [6, 6.07) is 149. The molecule has 0 fully saturated rings. The molecule has 4 aromatic heterocycles. The molecule has 21 aromatic carbocycles. The van der Waals surface area contributed by atoms with E-state index in [4.69, 9.17) is 8.83 Å². The second-order valence-electron chi connectivity index (χ2n) is 32.8. The summed E-state index contributed by atoms with van der Waals surface area (Å²) >= 11 is 3.78. The SMILES string of the molecule is C1=Cc2sc3ccc(N(c4ccccc4)c4cc5c6ccccc6c(N(c6ccccc6)c6ccc7sc8c(-c9ccc%10ccc(N(c%11ccc%12oc%13ccccc%13c%12c%11)c%11cc%12c%13ccccc%13c(N(c%13ccc%14ccccc%14c%13)c%13ccc%14oc%15ccccc%15c%14c%13)cc%12c%12ccccc%11%12)cc%10c9)cccc8c7c6)cc5c5ccccc45)cc3c2CC1. The van der Waals surface area contributed by atoms with Crippen LogP contribution in [0.2, 0.25) is 0 Å². The fourth-order valence-corrected chi connectivity index (χ4v) is 22.6. The number of furan rings is 2. The van der Waals surface area contributed by atoms with Crippen molar-refractivity contribution >= 4 is 257 Å². The summed E-state index contributed by atoms with van der Waals surface area (Å²) in [4.78, 5) is 11.3. The molecule has 25 aromatic rings. The van der Waals surface area contributed by atoms with E-state index < -0.39 is 0 Å². The molecule has 0 N–H and O–H groups in total. The van der Waals surface area contributed by atoms with Gasteiger partial charge in [0.25, 0.3) is 0 Å². The van der Waals surface area contributed by atoms with Crippen LogP contribution in [-0.4, -0.2) is 0 Å². The van der Waals surface area contributed by atoms with Gasteiger partial charge in [-0.2, -0.15) is 0 Å². The summed E-state index contributed by atoms with van der Waals surface area (Å²) < 4.78 is 16.9. The maximum atomic E-state index is 6.59. The number of hydrogen-bond acceptors (Lipinski definition) is 8. The first-order valence-electron chi connectivity index (χ1n) is 42.5. The zero-order chi connectivity index (χ0) is 81.2. The number of hydrogen-bond donors (Lipinski definition) is 0. The second kappa shape index (κ2) is 28.0. The van der Waals surface area contributed by atoms with Crippen molar-refractivity contribution in [2.24, 2.45) is 0 Å². The zero-order valence-corrected chi connectivity index (χ0v) is 68.7. The van der Waals surface area contributed by atoms with Crippen LogP contribution in [-0.2, 0) is 6.42 Å². The van der Waals surface area contributed by atoms with Crippen LogP contribution < -0.4 is 19.6 Å². The van der Waals surface area contributed by atoms with E-state index in [9.17, 15) is 0 Å². The van der Waals surface area contributed by atoms with Crippen molar-refractivity contribution < 1.29 is 8.83 Å². The molecular formula is C116H72N4O2S2. The Morgan fingerprint density at radius 3 is 1.10 bits per heavy atom. The van der Waals surface area contributed by atoms with Crippen molar-refractivity contribution in [2.45, 2.75) is 12.8 Å². The molecule has 6 nitrogen and oxygen atoms in total. The fourth-order valence-electron chi connectivity index (χ4n) is 20.2. The Bertz CT molecular complexity index is 8820. The van der Waals surface area contributed by atoms with E-state index in [1.54, 1.807) is 0 Å². The Morgan fingerprint density at radius 1 is 0.218 bits per heavy atom. The van der Waals surface area contributed by atoms with Crippen LogP contribution in [0.15, 0.2) is 415 Å². The smallest absolute Gasteiger partial charge is 0.135 e. The Balaban J connectivity index is 0.615. The summed E-state index contributed by atoms with van der Waals surface area (Å²) in [5, 5.41) is 26.7. The third-order valence-corrected chi connectivity index (χ3v) is 28.3. The number of allylic oxidation sites excluding steroid dienone is 1. The van der Waals surface area contributed by atoms with Gasteiger partial charge in [-0.15, -0.1) is 22.7 Å². The average molecular weight is 1620 g/mol. The topological polar surface area (TPSA) is 39.2 Å². The Labute approximate surface area is 721 Å². The molecule has 1 aliphatic rings. The quantitative estimate of drug-likeness (QED) is 0.107. The van der Waals surface area contributed by atoms with Crippen LogP contribution in [0.5, 0.6) is 0 Å². The molecule has 8 heteroatoms. The van der Waals surface area contributed by atoms with Crippen LogP contribution >= 0.6 is 22.7 Å². The number of benzene rings is 21. The summed E-state index contributed by atoms with van der Waals surface area (Å²) in [7, 11) is 0. The lowest BCUT2D eigenvalue weighted by molar-refractivity contribution is 0.668. The van der Waals surface area contributed by atoms with Gasteiger partial charge in [0.1, 0.15) is 22.3 Å². The molecule has 1 aliphatic carbocycles. The first-order valence-corrected chi connectivity index (χ1v) is 44.2. The van der Waals surface area contributed by atoms with Gasteiger partial charge in [0.15, 0.2) is 0 Å². The molecule has 0 saturated carbocycles. The van der Waals surface area contributed by atoms with Crippen LogP contribution in [0.25, 0.3) is 178 Å². The third kappa shape index (κ3) is 11.2. The minimum Gasteiger partial charge on any atom is -0.456 e. The summed E-state index contributed by atoms with van der Waals surface area (Å²) in [6.45, 7) is 0. The van der Waals surface area contributed by atoms with Gasteiger partial charge in [-0.05, 0) is 269 Å². The van der Waals surface area contributed by atoms with Gasteiger partial charge in [0.2, 0.25) is 0 Å². The fraction of sp³-hybridized carbons (Fsp3) is 0.0172. The number of anilines is 12. The van der Waals surface area contributed by atoms with Gasteiger partial charge in [0.05, 0.1) is 22.7 Å². The molecular weight excluding hydrogens is 1550 g/mol. The number of rotatable bonds is 13. The van der Waals surface area contributed by atoms with Crippen LogP contribution in [0.4, 0.5) is 68.2 Å². The zero-order valence-electron chi connectivity index (χ0n) is 67.1. The molecule has 0 aliphatic heterocycles. The van der Waals surface area contributed by atoms with Crippen LogP contribution in [0, 0.1) is 0 Å². The molecule has 0 spiro atoms. The van der Waals surface area contributed by atoms with Crippen molar-refractivity contribution in [3.8, 4) is 11.1 Å². The van der Waals surface area contributed by atoms with Gasteiger partial charge >= 0.3 is 0 Å². The third-order valence-electron chi connectivity index (χ3n) is 25.9. The van der Waals surface area contributed by atoms with Gasteiger partial charge in [-0.1, -0.05) is 243 Å². The molecule has 0 radical (unpaired) electrons. The number of para-hydroxylation sites is 4. The minimum atomic E-state index is 0.846. The highest BCUT2D eigenvalue weighted by Crippen LogP contribution is 2.54. The summed E-state index contributed by atoms with van der Waals surface area (Å²) in [6.07, 6.45) is 6.77. The normalized spacial score (nSPS) is 12.4. The molecule has 0 amide bonds. The number of thiophene rings is 2. The Hall–Kier alpha value is -15.6. The summed E-state index contributed by atoms with van der Waals surface area (Å²) in [5.74, 6) is 0. The van der Waals surface area contributed by atoms with E-state index in [1.807, 2.05) is 28.7 Å². The molecule has 0 atom stereocenters. The predicted molar refractivity (Wildman–Crippen MR) is 531 cm³/mol. The maximum Gasteiger partial charge on any atom is 0.135 e. The standard InChI is InChI=1S/C116H72N4O2S2/c1-3-26-76(27-4-1)117(82-54-58-114-103(65-82)95-40-19-22-45-113(95)123-114)105-67-97-86-31-10-14-35-90(86)106(68-98(97)85-30-9-13-34-89(85)105)118(77-28-5-2-6-29-77)83-55-59-115-104(66-83)96-42-23-41-84(116(96)124-115)74-47-46-72-49-51-79(62-75(72)60-74)120(81-53-57-112-102(64-81)94-39-18-21-44-110(94)122-112)108-70-100-87-32-11-15-36-91(87)107(69-99(100)88-33-12-16-37-92(88)108)119(78-50-48-71-24-7-8-25-73(71)61-78)80-52-56-111-101(63-80)93-38-17-20-43-109(93)121-111/h1-18,20-39,41-70H,19,40H2. The van der Waals surface area contributed by atoms with Gasteiger partial charge in [-0.3, -0.25) is 0 Å². The van der Waals surface area contributed by atoms with Crippen molar-refractivity contribution in [3.05, 3.63) is 417 Å². The van der Waals surface area contributed by atoms with Gasteiger partial charge < -0.3 is 28.4 Å². The minimum absolute atomic E-state index is 0.846. The van der Waals surface area contributed by atoms with Crippen LogP contribution in [0.3, 0.4) is 0 Å². The number of nitrogens with zero attached hydrogens (tertiary/aromatic N) is 4. The first kappa shape index (κ1) is 70.3. The van der Waals surface area contributed by atoms with Crippen molar-refractivity contribution in [1.29, 1.82) is 0 Å². The first-order chi connectivity index (χ1) is 61.4. The summed E-state index contributed by atoms with van der Waals surface area (Å²) in [5.41, 5.74) is 20.2. The van der Waals surface area contributed by atoms with E-state index in [-0.39, 0.29) is 0 Å². The lowest BCUT2D eigenvalue weighted by Gasteiger charge is -2.30. The molecule has 0 saturated heterocycles. The molecule has 580 valence electrons. The highest BCUT2D eigenvalue weighted by atomic mass is 32.1. The lowest BCUT2D eigenvalue weighted by atomic mass is 9.93. The predicted octanol–water partition coefficient (Wildman–Crippen LogP) is 34.8. The van der Waals surface area contributed by atoms with Crippen molar-refractivity contribution in [2.75, 3.05) is 19.6 Å². The highest BCUT2D eigenvalue weighted by Gasteiger charge is 2.29. The van der Waals surface area contributed by atoms with Gasteiger partial charge in [0, 0.05) is 118 Å². The van der Waals surface area contributed by atoms with Crippen molar-refractivity contribution in [1.82, 2.24) is 0 Å². The molecule has 4 heterocycles. The lowest BCUT2D eigenvalue weighted by Crippen LogP contribution is -2.12. The number of aryl methyl sites for hydroxylation is 1. The maximum absolute atomic E-state index is 6.59. The molecule has 26 rings (SSSR count). The average Bonchev–Trinajstić information content (AvgIpc) is 0.770. The second-order valence-corrected chi connectivity index (χ2v) is 35.0. The molecule has 124 heavy (non-hydrogen) atoms. The van der Waals surface area contributed by atoms with E-state index in [0.29, 0.717) is 0 Å². The monoisotopic (exact) mass is 1620 g/mol. The van der Waals surface area contributed by atoms with Gasteiger partial charge in [-0.25, -0.2) is 0 Å². The largest absolute Gasteiger partial charge is 0.456 e. The highest BCUT2D eigenvalue weighted by molar-refractivity contribution is 7.26. The van der Waals surface area contributed by atoms with Crippen molar-refractivity contribution in [3.63, 3.8) is 0 Å². The van der Waals surface area contributed by atoms with E-state index in [0.717, 1.165) is 174 Å². The van der Waals surface area contributed by atoms with E-state index >= 15 is 0 Å². The van der Waals surface area contributed by atoms with E-state index in [2.05, 4.69) is 426 Å². The number of fused-ring (bicyclic) bond motifs is 24.